The van der Waals surface area contributed by atoms with E-state index in [-0.39, 0.29) is 23.1 Å². The van der Waals surface area contributed by atoms with E-state index in [1.54, 1.807) is 48.3 Å². The summed E-state index contributed by atoms with van der Waals surface area (Å²) < 4.78 is 24.8. The van der Waals surface area contributed by atoms with Crippen LogP contribution in [0.2, 0.25) is 0 Å². The summed E-state index contributed by atoms with van der Waals surface area (Å²) in [6.07, 6.45) is 1.26. The summed E-state index contributed by atoms with van der Waals surface area (Å²) in [6, 6.07) is 21.6. The Kier molecular flexibility index (Phi) is 6.56. The van der Waals surface area contributed by atoms with E-state index in [1.165, 1.54) is 6.26 Å². The first-order valence-corrected chi connectivity index (χ1v) is 11.6. The number of nitrogens with two attached hydrogens (primary N) is 1. The number of amidine groups is 1. The maximum atomic E-state index is 12.8. The monoisotopic (exact) mass is 435 g/mol. The van der Waals surface area contributed by atoms with Crippen molar-refractivity contribution in [1.29, 1.82) is 5.41 Å². The molecule has 3 aromatic rings. The second-order valence-corrected chi connectivity index (χ2v) is 9.49. The highest BCUT2D eigenvalue weighted by atomic mass is 32.2. The van der Waals surface area contributed by atoms with Crippen molar-refractivity contribution in [3.05, 3.63) is 89.5 Å². The lowest BCUT2D eigenvalue weighted by molar-refractivity contribution is -0.129. The van der Waals surface area contributed by atoms with Gasteiger partial charge in [0.25, 0.3) is 0 Å². The molecule has 0 aliphatic carbocycles. The number of carbonyl (C=O) groups is 1. The first-order valence-electron chi connectivity index (χ1n) is 9.71. The number of rotatable bonds is 7. The number of carbonyl (C=O) groups excluding carboxylic acids is 1. The largest absolute Gasteiger partial charge is 0.384 e. The van der Waals surface area contributed by atoms with Crippen LogP contribution in [0.3, 0.4) is 0 Å². The van der Waals surface area contributed by atoms with E-state index in [2.05, 4.69) is 0 Å². The Morgan fingerprint density at radius 3 is 2.32 bits per heavy atom. The van der Waals surface area contributed by atoms with Crippen molar-refractivity contribution >= 4 is 21.6 Å². The molecule has 0 radical (unpaired) electrons. The van der Waals surface area contributed by atoms with Gasteiger partial charge in [-0.3, -0.25) is 10.2 Å². The summed E-state index contributed by atoms with van der Waals surface area (Å²) in [5.74, 6) is -0.164. The molecule has 3 N–H and O–H groups in total. The van der Waals surface area contributed by atoms with Gasteiger partial charge >= 0.3 is 0 Å². The van der Waals surface area contributed by atoms with Gasteiger partial charge in [-0.1, -0.05) is 60.7 Å². The minimum atomic E-state index is -3.48. The highest BCUT2D eigenvalue weighted by Crippen LogP contribution is 2.28. The summed E-state index contributed by atoms with van der Waals surface area (Å²) in [4.78, 5) is 14.5. The van der Waals surface area contributed by atoms with Crippen molar-refractivity contribution in [3.8, 4) is 11.1 Å². The van der Waals surface area contributed by atoms with Crippen molar-refractivity contribution in [2.45, 2.75) is 17.9 Å². The molecule has 1 amide bonds. The van der Waals surface area contributed by atoms with Gasteiger partial charge in [-0.05, 0) is 28.8 Å². The molecule has 0 spiro atoms. The fourth-order valence-corrected chi connectivity index (χ4v) is 4.30. The molecular formula is C24H25N3O3S. The fourth-order valence-electron chi connectivity index (χ4n) is 3.35. The third-order valence-electron chi connectivity index (χ3n) is 4.97. The van der Waals surface area contributed by atoms with Crippen molar-refractivity contribution < 1.29 is 13.2 Å². The number of hydrogen-bond acceptors (Lipinski definition) is 4. The third-order valence-corrected chi connectivity index (χ3v) is 6.11. The van der Waals surface area contributed by atoms with Gasteiger partial charge in [0.2, 0.25) is 5.91 Å². The van der Waals surface area contributed by atoms with Crippen LogP contribution < -0.4 is 5.73 Å². The average molecular weight is 436 g/mol. The summed E-state index contributed by atoms with van der Waals surface area (Å²) in [5.41, 5.74) is 9.06. The van der Waals surface area contributed by atoms with E-state index in [0.29, 0.717) is 23.2 Å². The van der Waals surface area contributed by atoms with Gasteiger partial charge in [0.15, 0.2) is 9.84 Å². The van der Waals surface area contributed by atoms with E-state index in [9.17, 15) is 13.2 Å². The molecule has 3 rings (SSSR count). The first-order chi connectivity index (χ1) is 14.6. The predicted octanol–water partition coefficient (Wildman–Crippen LogP) is 3.24. The van der Waals surface area contributed by atoms with Crippen LogP contribution >= 0.6 is 0 Å². The molecular weight excluding hydrogens is 410 g/mol. The Morgan fingerprint density at radius 2 is 1.68 bits per heavy atom. The molecule has 6 nitrogen and oxygen atoms in total. The molecule has 7 heteroatoms. The number of sulfone groups is 1. The van der Waals surface area contributed by atoms with Gasteiger partial charge in [0, 0.05) is 31.0 Å². The lowest BCUT2D eigenvalue weighted by Gasteiger charge is -2.18. The van der Waals surface area contributed by atoms with Gasteiger partial charge in [-0.2, -0.15) is 0 Å². The third kappa shape index (κ3) is 5.58. The van der Waals surface area contributed by atoms with Crippen LogP contribution in [0.4, 0.5) is 0 Å². The van der Waals surface area contributed by atoms with Gasteiger partial charge in [-0.15, -0.1) is 0 Å². The summed E-state index contributed by atoms with van der Waals surface area (Å²) in [5, 5.41) is 7.55. The standard InChI is InChI=1S/C24H25N3O3S/c1-27(16-18-7-6-10-20(13-18)24(25)26)23(28)15-17-11-12-21(19-8-4-3-5-9-19)22(14-17)31(2,29)30/h3-14H,15-16H2,1-2H3,(H3,25,26). The Balaban J connectivity index is 1.81. The van der Waals surface area contributed by atoms with Crippen LogP contribution in [-0.2, 0) is 27.6 Å². The average Bonchev–Trinajstić information content (AvgIpc) is 2.74. The highest BCUT2D eigenvalue weighted by molar-refractivity contribution is 7.90. The van der Waals surface area contributed by atoms with Gasteiger partial charge < -0.3 is 10.6 Å². The zero-order valence-electron chi connectivity index (χ0n) is 17.5. The molecule has 0 saturated carbocycles. The number of amides is 1. The van der Waals surface area contributed by atoms with Crippen LogP contribution in [0.25, 0.3) is 11.1 Å². The molecule has 0 aliphatic heterocycles. The molecule has 160 valence electrons. The summed E-state index contributed by atoms with van der Waals surface area (Å²) in [6.45, 7) is 0.362. The van der Waals surface area contributed by atoms with E-state index in [4.69, 9.17) is 11.1 Å². The molecule has 0 aliphatic rings. The number of hydrogen-bond donors (Lipinski definition) is 2. The molecule has 0 unspecified atom stereocenters. The zero-order chi connectivity index (χ0) is 22.6. The molecule has 31 heavy (non-hydrogen) atoms. The van der Waals surface area contributed by atoms with Crippen molar-refractivity contribution in [1.82, 2.24) is 4.90 Å². The number of likely N-dealkylation sites (N-methyl/N-ethyl adjacent to an activating group) is 1. The van der Waals surface area contributed by atoms with Crippen LogP contribution in [0, 0.1) is 5.41 Å². The Bertz CT molecular complexity index is 1220. The van der Waals surface area contributed by atoms with Crippen molar-refractivity contribution in [3.63, 3.8) is 0 Å². The summed E-state index contributed by atoms with van der Waals surface area (Å²) >= 11 is 0. The normalized spacial score (nSPS) is 11.2. The fraction of sp³-hybridized carbons (Fsp3) is 0.167. The highest BCUT2D eigenvalue weighted by Gasteiger charge is 2.18. The first kappa shape index (κ1) is 22.2. The molecule has 0 aromatic heterocycles. The van der Waals surface area contributed by atoms with Gasteiger partial charge in [-0.25, -0.2) is 8.42 Å². The topological polar surface area (TPSA) is 104 Å². The smallest absolute Gasteiger partial charge is 0.227 e. The van der Waals surface area contributed by atoms with Gasteiger partial charge in [0.1, 0.15) is 5.84 Å². The van der Waals surface area contributed by atoms with E-state index in [0.717, 1.165) is 11.1 Å². The summed E-state index contributed by atoms with van der Waals surface area (Å²) in [7, 11) is -1.79. The van der Waals surface area contributed by atoms with Gasteiger partial charge in [0.05, 0.1) is 11.3 Å². The van der Waals surface area contributed by atoms with Crippen LogP contribution in [0.15, 0.2) is 77.7 Å². The predicted molar refractivity (Wildman–Crippen MR) is 123 cm³/mol. The lowest BCUT2D eigenvalue weighted by atomic mass is 10.0. The number of nitrogens with one attached hydrogen (secondary N) is 1. The Hall–Kier alpha value is -3.45. The number of nitrogen functional groups attached to an aromatic ring is 1. The molecule has 0 heterocycles. The van der Waals surface area contributed by atoms with Crippen molar-refractivity contribution in [2.24, 2.45) is 5.73 Å². The van der Waals surface area contributed by atoms with E-state index < -0.39 is 9.84 Å². The van der Waals surface area contributed by atoms with Crippen LogP contribution in [-0.4, -0.2) is 38.4 Å². The zero-order valence-corrected chi connectivity index (χ0v) is 18.3. The van der Waals surface area contributed by atoms with E-state index >= 15 is 0 Å². The maximum absolute atomic E-state index is 12.8. The molecule has 3 aromatic carbocycles. The SMILES string of the molecule is CN(Cc1cccc(C(=N)N)c1)C(=O)Cc1ccc(-c2ccccc2)c(S(C)(=O)=O)c1. The van der Waals surface area contributed by atoms with Crippen LogP contribution in [0.1, 0.15) is 16.7 Å². The maximum Gasteiger partial charge on any atom is 0.227 e. The Morgan fingerprint density at radius 1 is 0.968 bits per heavy atom. The minimum absolute atomic E-state index is 0.0253. The number of nitrogens with zero attached hydrogens (tertiary/aromatic N) is 1. The number of benzene rings is 3. The van der Waals surface area contributed by atoms with Crippen LogP contribution in [0.5, 0.6) is 0 Å². The molecule has 0 saturated heterocycles. The lowest BCUT2D eigenvalue weighted by Crippen LogP contribution is -2.28. The molecule has 0 atom stereocenters. The quantitative estimate of drug-likeness (QED) is 0.439. The van der Waals surface area contributed by atoms with Crippen molar-refractivity contribution in [2.75, 3.05) is 13.3 Å². The second kappa shape index (κ2) is 9.14. The molecule has 0 fully saturated rings. The van der Waals surface area contributed by atoms with E-state index in [1.807, 2.05) is 36.4 Å². The molecule has 0 bridgehead atoms. The minimum Gasteiger partial charge on any atom is -0.384 e. The Labute approximate surface area is 182 Å². The second-order valence-electron chi connectivity index (χ2n) is 7.51.